The van der Waals surface area contributed by atoms with E-state index in [0.29, 0.717) is 5.95 Å². The van der Waals surface area contributed by atoms with Gasteiger partial charge in [0.1, 0.15) is 0 Å². The molecule has 0 unspecified atom stereocenters. The molecule has 3 rings (SSSR count). The van der Waals surface area contributed by atoms with E-state index in [0.717, 1.165) is 23.4 Å². The molecule has 20 heavy (non-hydrogen) atoms. The maximum Gasteiger partial charge on any atom is 0.251 e. The van der Waals surface area contributed by atoms with Gasteiger partial charge >= 0.3 is 0 Å². The van der Waals surface area contributed by atoms with Crippen LogP contribution in [0.3, 0.4) is 0 Å². The fourth-order valence-electron chi connectivity index (χ4n) is 2.16. The number of hydrogen-bond donors (Lipinski definition) is 1. The molecular formula is C15H15N5. The molecule has 2 aromatic heterocycles. The highest BCUT2D eigenvalue weighted by atomic mass is 15.3. The van der Waals surface area contributed by atoms with E-state index >= 15 is 0 Å². The van der Waals surface area contributed by atoms with Crippen molar-refractivity contribution in [3.8, 4) is 17.2 Å². The molecule has 0 amide bonds. The van der Waals surface area contributed by atoms with Crippen molar-refractivity contribution in [2.24, 2.45) is 0 Å². The van der Waals surface area contributed by atoms with Gasteiger partial charge in [0, 0.05) is 30.1 Å². The molecule has 5 nitrogen and oxygen atoms in total. The Balaban J connectivity index is 2.17. The van der Waals surface area contributed by atoms with Crippen molar-refractivity contribution >= 4 is 0 Å². The first-order valence-corrected chi connectivity index (χ1v) is 6.44. The maximum atomic E-state index is 4.43. The largest absolute Gasteiger partial charge is 0.316 e. The average Bonchev–Trinajstić information content (AvgIpc) is 2.93. The van der Waals surface area contributed by atoms with Crippen LogP contribution in [0, 0.1) is 0 Å². The summed E-state index contributed by atoms with van der Waals surface area (Å²) in [6.45, 7) is 0.747. The summed E-state index contributed by atoms with van der Waals surface area (Å²) in [5.74, 6) is 0.578. The molecule has 0 atom stereocenters. The number of nitrogens with zero attached hydrogens (tertiary/aromatic N) is 4. The second-order valence-corrected chi connectivity index (χ2v) is 4.38. The number of hydrogen-bond acceptors (Lipinski definition) is 4. The third-order valence-electron chi connectivity index (χ3n) is 3.00. The van der Waals surface area contributed by atoms with E-state index in [9.17, 15) is 0 Å². The van der Waals surface area contributed by atoms with Gasteiger partial charge in [-0.2, -0.15) is 9.78 Å². The Kier molecular flexibility index (Phi) is 3.52. The SMILES string of the molecule is CNCc1cnn(-c2ncccn2)c1-c1ccccc1. The number of rotatable bonds is 4. The second-order valence-electron chi connectivity index (χ2n) is 4.38. The van der Waals surface area contributed by atoms with Crippen LogP contribution in [0.4, 0.5) is 0 Å². The van der Waals surface area contributed by atoms with Crippen LogP contribution in [0.5, 0.6) is 0 Å². The van der Waals surface area contributed by atoms with Gasteiger partial charge in [0.15, 0.2) is 0 Å². The van der Waals surface area contributed by atoms with Crippen molar-refractivity contribution in [2.75, 3.05) is 7.05 Å². The van der Waals surface area contributed by atoms with E-state index in [1.54, 1.807) is 23.1 Å². The third kappa shape index (κ3) is 2.31. The van der Waals surface area contributed by atoms with Gasteiger partial charge in [-0.25, -0.2) is 9.97 Å². The van der Waals surface area contributed by atoms with Gasteiger partial charge in [-0.1, -0.05) is 30.3 Å². The molecular weight excluding hydrogens is 250 g/mol. The molecule has 0 saturated heterocycles. The first-order valence-electron chi connectivity index (χ1n) is 6.44. The molecule has 1 aromatic carbocycles. The summed E-state index contributed by atoms with van der Waals surface area (Å²) in [4.78, 5) is 8.56. The van der Waals surface area contributed by atoms with Gasteiger partial charge in [0.05, 0.1) is 11.9 Å². The van der Waals surface area contributed by atoms with E-state index in [1.165, 1.54) is 0 Å². The molecule has 3 aromatic rings. The highest BCUT2D eigenvalue weighted by molar-refractivity contribution is 5.64. The molecule has 0 fully saturated rings. The first kappa shape index (κ1) is 12.5. The van der Waals surface area contributed by atoms with E-state index in [2.05, 4.69) is 32.5 Å². The van der Waals surface area contributed by atoms with Gasteiger partial charge < -0.3 is 5.32 Å². The third-order valence-corrected chi connectivity index (χ3v) is 3.00. The molecule has 1 N–H and O–H groups in total. The Morgan fingerprint density at radius 3 is 2.50 bits per heavy atom. The highest BCUT2D eigenvalue weighted by Gasteiger charge is 2.14. The topological polar surface area (TPSA) is 55.6 Å². The van der Waals surface area contributed by atoms with E-state index in [4.69, 9.17) is 0 Å². The minimum Gasteiger partial charge on any atom is -0.316 e. The molecule has 0 bridgehead atoms. The normalized spacial score (nSPS) is 10.7. The van der Waals surface area contributed by atoms with Crippen molar-refractivity contribution in [1.29, 1.82) is 0 Å². The van der Waals surface area contributed by atoms with E-state index < -0.39 is 0 Å². The number of aromatic nitrogens is 4. The van der Waals surface area contributed by atoms with Crippen molar-refractivity contribution in [2.45, 2.75) is 6.54 Å². The summed E-state index contributed by atoms with van der Waals surface area (Å²) in [6.07, 6.45) is 5.29. The van der Waals surface area contributed by atoms with Crippen LogP contribution in [0.15, 0.2) is 55.0 Å². The molecule has 0 saturated carbocycles. The zero-order chi connectivity index (χ0) is 13.8. The zero-order valence-electron chi connectivity index (χ0n) is 11.2. The summed E-state index contributed by atoms with van der Waals surface area (Å²) in [5, 5.41) is 7.60. The minimum atomic E-state index is 0.578. The maximum absolute atomic E-state index is 4.43. The summed E-state index contributed by atoms with van der Waals surface area (Å²) in [5.41, 5.74) is 3.24. The Labute approximate surface area is 117 Å². The van der Waals surface area contributed by atoms with Crippen molar-refractivity contribution in [1.82, 2.24) is 25.1 Å². The van der Waals surface area contributed by atoms with Gasteiger partial charge in [0.2, 0.25) is 0 Å². The van der Waals surface area contributed by atoms with Crippen LogP contribution in [-0.2, 0) is 6.54 Å². The fraction of sp³-hybridized carbons (Fsp3) is 0.133. The lowest BCUT2D eigenvalue weighted by Crippen LogP contribution is -2.08. The molecule has 0 radical (unpaired) electrons. The summed E-state index contributed by atoms with van der Waals surface area (Å²) in [6, 6.07) is 12.0. The van der Waals surface area contributed by atoms with Crippen LogP contribution in [0.25, 0.3) is 17.2 Å². The average molecular weight is 265 g/mol. The predicted octanol–water partition coefficient (Wildman–Crippen LogP) is 2.05. The summed E-state index contributed by atoms with van der Waals surface area (Å²) in [7, 11) is 1.92. The lowest BCUT2D eigenvalue weighted by atomic mass is 10.1. The minimum absolute atomic E-state index is 0.578. The van der Waals surface area contributed by atoms with Crippen LogP contribution in [0.2, 0.25) is 0 Å². The monoisotopic (exact) mass is 265 g/mol. The van der Waals surface area contributed by atoms with Gasteiger partial charge in [-0.3, -0.25) is 0 Å². The van der Waals surface area contributed by atoms with Crippen molar-refractivity contribution in [3.05, 3.63) is 60.6 Å². The Bertz CT molecular complexity index is 676. The highest BCUT2D eigenvalue weighted by Crippen LogP contribution is 2.25. The van der Waals surface area contributed by atoms with E-state index in [-0.39, 0.29) is 0 Å². The summed E-state index contributed by atoms with van der Waals surface area (Å²) >= 11 is 0. The smallest absolute Gasteiger partial charge is 0.251 e. The Hall–Kier alpha value is -2.53. The molecule has 0 aliphatic rings. The molecule has 0 spiro atoms. The van der Waals surface area contributed by atoms with Gasteiger partial charge in [0.25, 0.3) is 5.95 Å². The molecule has 0 aliphatic heterocycles. The zero-order valence-corrected chi connectivity index (χ0v) is 11.2. The van der Waals surface area contributed by atoms with Gasteiger partial charge in [-0.05, 0) is 13.1 Å². The first-order chi connectivity index (χ1) is 9.90. The number of nitrogens with one attached hydrogen (secondary N) is 1. The molecule has 100 valence electrons. The Morgan fingerprint density at radius 2 is 1.80 bits per heavy atom. The standard InChI is InChI=1S/C15H15N5/c1-16-10-13-11-19-20(15-17-8-5-9-18-15)14(13)12-6-3-2-4-7-12/h2-9,11,16H,10H2,1H3. The van der Waals surface area contributed by atoms with Crippen LogP contribution >= 0.6 is 0 Å². The quantitative estimate of drug-likeness (QED) is 0.784. The predicted molar refractivity (Wildman–Crippen MR) is 77.4 cm³/mol. The number of benzene rings is 1. The molecule has 2 heterocycles. The van der Waals surface area contributed by atoms with Crippen molar-refractivity contribution < 1.29 is 0 Å². The lowest BCUT2D eigenvalue weighted by Gasteiger charge is -2.08. The van der Waals surface area contributed by atoms with Crippen LogP contribution < -0.4 is 5.32 Å². The van der Waals surface area contributed by atoms with Crippen LogP contribution in [0.1, 0.15) is 5.56 Å². The molecule has 5 heteroatoms. The lowest BCUT2D eigenvalue weighted by molar-refractivity contribution is 0.807. The Morgan fingerprint density at radius 1 is 1.05 bits per heavy atom. The van der Waals surface area contributed by atoms with Crippen LogP contribution in [-0.4, -0.2) is 26.8 Å². The van der Waals surface area contributed by atoms with E-state index in [1.807, 2.05) is 31.4 Å². The summed E-state index contributed by atoms with van der Waals surface area (Å²) < 4.78 is 1.78. The second kappa shape index (κ2) is 5.63. The fourth-order valence-corrected chi connectivity index (χ4v) is 2.16. The van der Waals surface area contributed by atoms with Gasteiger partial charge in [-0.15, -0.1) is 0 Å². The van der Waals surface area contributed by atoms with Crippen molar-refractivity contribution in [3.63, 3.8) is 0 Å². The molecule has 0 aliphatic carbocycles.